The van der Waals surface area contributed by atoms with E-state index in [-0.39, 0.29) is 0 Å². The lowest BCUT2D eigenvalue weighted by atomic mass is 10.2. The van der Waals surface area contributed by atoms with Crippen LogP contribution >= 0.6 is 0 Å². The number of carbonyl (C=O) groups excluding carboxylic acids is 2. The first-order valence-corrected chi connectivity index (χ1v) is 4.07. The normalized spacial score (nSPS) is 12.1. The van der Waals surface area contributed by atoms with Crippen LogP contribution in [0.1, 0.15) is 19.3 Å². The highest BCUT2D eigenvalue weighted by Gasteiger charge is 2.35. The average molecular weight is 268 g/mol. The molecule has 10 heteroatoms. The number of rotatable bonds is 4. The fourth-order valence-electron chi connectivity index (χ4n) is 0.737. The second kappa shape index (κ2) is 5.73. The number of alkyl halides is 6. The summed E-state index contributed by atoms with van der Waals surface area (Å²) in [5.41, 5.74) is 0. The molecule has 0 atom stereocenters. The first-order chi connectivity index (χ1) is 7.49. The van der Waals surface area contributed by atoms with Crippen LogP contribution in [0.5, 0.6) is 0 Å². The van der Waals surface area contributed by atoms with Crippen LogP contribution in [0.2, 0.25) is 0 Å². The maximum absolute atomic E-state index is 11.4. The van der Waals surface area contributed by atoms with Crippen molar-refractivity contribution in [3.63, 3.8) is 0 Å². The van der Waals surface area contributed by atoms with Crippen molar-refractivity contribution in [2.24, 2.45) is 0 Å². The zero-order valence-corrected chi connectivity index (χ0v) is 8.02. The number of hydrogen-bond donors (Lipinski definition) is 0. The van der Waals surface area contributed by atoms with E-state index in [9.17, 15) is 35.9 Å². The molecule has 0 unspecified atom stereocenters. The highest BCUT2D eigenvalue weighted by molar-refractivity contribution is 5.72. The van der Waals surface area contributed by atoms with E-state index in [0.29, 0.717) is 0 Å². The molecule has 0 saturated carbocycles. The summed E-state index contributed by atoms with van der Waals surface area (Å²) in [5, 5.41) is 0. The van der Waals surface area contributed by atoms with Gasteiger partial charge in [0.2, 0.25) is 0 Å². The monoisotopic (exact) mass is 268 g/mol. The smallest absolute Gasteiger partial charge is 0.373 e. The number of carbonyl (C=O) groups is 2. The van der Waals surface area contributed by atoms with Crippen molar-refractivity contribution in [3.05, 3.63) is 0 Å². The maximum atomic E-state index is 11.4. The van der Waals surface area contributed by atoms with E-state index in [1.807, 2.05) is 0 Å². The molecular formula is C7H6F6O4. The lowest BCUT2D eigenvalue weighted by Gasteiger charge is -2.08. The Morgan fingerprint density at radius 3 is 1.29 bits per heavy atom. The summed E-state index contributed by atoms with van der Waals surface area (Å²) >= 11 is 0. The largest absolute Gasteiger partial charge is 0.575 e. The molecule has 0 amide bonds. The highest BCUT2D eigenvalue weighted by atomic mass is 19.4. The summed E-state index contributed by atoms with van der Waals surface area (Å²) in [5.74, 6) is -3.37. The third-order valence-corrected chi connectivity index (χ3v) is 1.22. The Morgan fingerprint density at radius 2 is 1.06 bits per heavy atom. The van der Waals surface area contributed by atoms with Gasteiger partial charge in [-0.15, -0.1) is 26.3 Å². The Morgan fingerprint density at radius 1 is 0.765 bits per heavy atom. The summed E-state index contributed by atoms with van der Waals surface area (Å²) in [4.78, 5) is 20.8. The lowest BCUT2D eigenvalue weighted by molar-refractivity contribution is -0.306. The van der Waals surface area contributed by atoms with E-state index in [1.54, 1.807) is 0 Å². The van der Waals surface area contributed by atoms with Gasteiger partial charge in [0.15, 0.2) is 0 Å². The van der Waals surface area contributed by atoms with Crippen LogP contribution in [0.25, 0.3) is 0 Å². The number of ether oxygens (including phenoxy) is 2. The molecule has 0 aromatic rings. The zero-order valence-electron chi connectivity index (χ0n) is 8.02. The van der Waals surface area contributed by atoms with E-state index in [4.69, 9.17) is 0 Å². The van der Waals surface area contributed by atoms with Gasteiger partial charge in [-0.2, -0.15) is 0 Å². The summed E-state index contributed by atoms with van der Waals surface area (Å²) in [6.45, 7) is 0. The van der Waals surface area contributed by atoms with E-state index < -0.39 is 43.9 Å². The van der Waals surface area contributed by atoms with Gasteiger partial charge in [-0.25, -0.2) is 0 Å². The van der Waals surface area contributed by atoms with E-state index >= 15 is 0 Å². The Balaban J connectivity index is 3.78. The summed E-state index contributed by atoms with van der Waals surface area (Å²) in [7, 11) is 0. The van der Waals surface area contributed by atoms with Crippen LogP contribution < -0.4 is 0 Å². The molecule has 0 N–H and O–H groups in total. The van der Waals surface area contributed by atoms with Gasteiger partial charge in [0.05, 0.1) is 0 Å². The van der Waals surface area contributed by atoms with Crippen molar-refractivity contribution in [2.45, 2.75) is 32.0 Å². The minimum atomic E-state index is -5.15. The first kappa shape index (κ1) is 15.5. The summed E-state index contributed by atoms with van der Waals surface area (Å²) < 4.78 is 74.4. The van der Waals surface area contributed by atoms with Gasteiger partial charge in [0.1, 0.15) is 0 Å². The van der Waals surface area contributed by atoms with Crippen molar-refractivity contribution >= 4 is 11.9 Å². The van der Waals surface area contributed by atoms with Gasteiger partial charge >= 0.3 is 24.7 Å². The molecule has 0 aliphatic heterocycles. The molecular weight excluding hydrogens is 262 g/mol. The molecule has 0 aromatic heterocycles. The SMILES string of the molecule is O=C(CCCC(=O)OC(F)(F)F)OC(F)(F)F. The van der Waals surface area contributed by atoms with Crippen LogP contribution in [0.4, 0.5) is 26.3 Å². The molecule has 0 bridgehead atoms. The Hall–Kier alpha value is -1.48. The quantitative estimate of drug-likeness (QED) is 0.579. The van der Waals surface area contributed by atoms with Gasteiger partial charge in [-0.3, -0.25) is 9.59 Å². The van der Waals surface area contributed by atoms with Crippen LogP contribution in [0.15, 0.2) is 0 Å². The van der Waals surface area contributed by atoms with Gasteiger partial charge in [0, 0.05) is 12.8 Å². The van der Waals surface area contributed by atoms with Crippen molar-refractivity contribution in [2.75, 3.05) is 0 Å². The molecule has 0 aromatic carbocycles. The van der Waals surface area contributed by atoms with Crippen molar-refractivity contribution in [3.8, 4) is 0 Å². The number of halogens is 6. The van der Waals surface area contributed by atoms with Gasteiger partial charge in [0.25, 0.3) is 0 Å². The summed E-state index contributed by atoms with van der Waals surface area (Å²) in [6.07, 6.45) is -12.5. The van der Waals surface area contributed by atoms with E-state index in [2.05, 4.69) is 9.47 Å². The van der Waals surface area contributed by atoms with Crippen molar-refractivity contribution in [1.29, 1.82) is 0 Å². The molecule has 0 spiro atoms. The van der Waals surface area contributed by atoms with E-state index in [0.717, 1.165) is 0 Å². The van der Waals surface area contributed by atoms with Crippen LogP contribution in [-0.2, 0) is 19.1 Å². The first-order valence-electron chi connectivity index (χ1n) is 4.07. The minimum Gasteiger partial charge on any atom is -0.373 e. The second-order valence-electron chi connectivity index (χ2n) is 2.69. The third kappa shape index (κ3) is 10.8. The Bertz CT molecular complexity index is 253. The standard InChI is InChI=1S/C7H6F6O4/c8-6(9,10)16-4(14)2-1-3-5(15)17-7(11,12)13/h1-3H2. The van der Waals surface area contributed by atoms with Crippen LogP contribution in [0.3, 0.4) is 0 Å². The molecule has 0 aliphatic carbocycles. The molecule has 0 fully saturated rings. The maximum Gasteiger partial charge on any atom is 0.575 e. The predicted octanol–water partition coefficient (Wildman–Crippen LogP) is 2.28. The lowest BCUT2D eigenvalue weighted by Crippen LogP contribution is -2.21. The zero-order chi connectivity index (χ0) is 13.7. The number of hydrogen-bond acceptors (Lipinski definition) is 4. The van der Waals surface area contributed by atoms with Crippen molar-refractivity contribution in [1.82, 2.24) is 0 Å². The molecule has 4 nitrogen and oxygen atoms in total. The van der Waals surface area contributed by atoms with Gasteiger partial charge in [-0.05, 0) is 6.42 Å². The topological polar surface area (TPSA) is 52.6 Å². The fraction of sp³-hybridized carbons (Fsp3) is 0.714. The van der Waals surface area contributed by atoms with Gasteiger partial charge in [-0.1, -0.05) is 0 Å². The molecule has 0 rings (SSSR count). The Labute approximate surface area is 90.5 Å². The second-order valence-corrected chi connectivity index (χ2v) is 2.69. The van der Waals surface area contributed by atoms with Crippen LogP contribution in [0, 0.1) is 0 Å². The van der Waals surface area contributed by atoms with Gasteiger partial charge < -0.3 is 9.47 Å². The molecule has 0 radical (unpaired) electrons. The van der Waals surface area contributed by atoms with E-state index in [1.165, 1.54) is 0 Å². The fourth-order valence-corrected chi connectivity index (χ4v) is 0.737. The molecule has 17 heavy (non-hydrogen) atoms. The predicted molar refractivity (Wildman–Crippen MR) is 38.1 cm³/mol. The Kier molecular flexibility index (Phi) is 5.23. The summed E-state index contributed by atoms with van der Waals surface area (Å²) in [6, 6.07) is 0. The number of esters is 2. The molecule has 0 saturated heterocycles. The average Bonchev–Trinajstić information content (AvgIpc) is 1.95. The molecule has 0 heterocycles. The van der Waals surface area contributed by atoms with Crippen LogP contribution in [-0.4, -0.2) is 24.7 Å². The molecule has 100 valence electrons. The highest BCUT2D eigenvalue weighted by Crippen LogP contribution is 2.19. The van der Waals surface area contributed by atoms with Crippen molar-refractivity contribution < 1.29 is 45.4 Å². The molecule has 0 aliphatic rings. The minimum absolute atomic E-state index is 0.538. The third-order valence-electron chi connectivity index (χ3n) is 1.22.